The van der Waals surface area contributed by atoms with E-state index in [4.69, 9.17) is 4.74 Å². The molecule has 0 aliphatic carbocycles. The number of benzene rings is 10. The molecule has 3 aliphatic rings. The Hall–Kier alpha value is -7.35. The van der Waals surface area contributed by atoms with E-state index < -0.39 is 16.1 Å². The quantitative estimate of drug-likeness (QED) is 0.123. The van der Waals surface area contributed by atoms with Crippen molar-refractivity contribution in [2.45, 2.75) is 9.79 Å². The van der Waals surface area contributed by atoms with Gasteiger partial charge < -0.3 is 9.64 Å². The molecule has 0 bridgehead atoms. The zero-order chi connectivity index (χ0) is 43.7. The van der Waals surface area contributed by atoms with Gasteiger partial charge in [0.25, 0.3) is 6.71 Å². The molecule has 0 unspecified atom stereocenters. The van der Waals surface area contributed by atoms with E-state index in [2.05, 4.69) is 260 Å². The lowest BCUT2D eigenvalue weighted by atomic mass is 9.35. The molecule has 0 aromatic heterocycles. The van der Waals surface area contributed by atoms with Gasteiger partial charge in [-0.05, 0) is 101 Å². The minimum Gasteiger partial charge on any atom is -0.458 e. The molecule has 0 N–H and O–H groups in total. The van der Waals surface area contributed by atoms with Gasteiger partial charge in [0.15, 0.2) is 16.1 Å². The summed E-state index contributed by atoms with van der Waals surface area (Å²) in [6.07, 6.45) is 0. The largest absolute Gasteiger partial charge is 0.458 e. The van der Waals surface area contributed by atoms with Crippen molar-refractivity contribution in [2.75, 3.05) is 4.90 Å². The Morgan fingerprint density at radius 3 is 1.44 bits per heavy atom. The van der Waals surface area contributed by atoms with Crippen LogP contribution >= 0.6 is 11.8 Å². The molecule has 0 spiro atoms. The monoisotopic (exact) mass is 891 g/mol. The summed E-state index contributed by atoms with van der Waals surface area (Å²) in [4.78, 5) is 5.08. The molecule has 13 rings (SSSR count). The molecule has 310 valence electrons. The van der Waals surface area contributed by atoms with E-state index in [1.165, 1.54) is 79.0 Å². The first kappa shape index (κ1) is 39.1. The molecular formula is C60H42BNOSSi2. The second kappa shape index (κ2) is 15.7. The fourth-order valence-electron chi connectivity index (χ4n) is 11.5. The number of hydrogen-bond acceptors (Lipinski definition) is 3. The van der Waals surface area contributed by atoms with Crippen molar-refractivity contribution in [3.8, 4) is 11.5 Å². The highest BCUT2D eigenvalue weighted by atomic mass is 32.2. The Kier molecular flexibility index (Phi) is 9.27. The Labute approximate surface area is 393 Å². The van der Waals surface area contributed by atoms with Gasteiger partial charge in [-0.3, -0.25) is 0 Å². The van der Waals surface area contributed by atoms with Crippen molar-refractivity contribution >= 4 is 110 Å². The molecule has 3 aliphatic heterocycles. The van der Waals surface area contributed by atoms with Crippen molar-refractivity contribution in [3.05, 3.63) is 255 Å². The average Bonchev–Trinajstić information content (AvgIpc) is 3.39. The normalized spacial score (nSPS) is 13.9. The topological polar surface area (TPSA) is 12.5 Å². The SMILES string of the molecule is c1ccc([Si](c2ccccc2)(c2ccccc2)c2cc3c4c(c2)Sc2ccc(N5c6ccccc6[Si](c6ccccc6)(c6ccccc6)c6ccccc65)cc2B4c2ccccc2O3)cc1. The number of para-hydroxylation sites is 3. The van der Waals surface area contributed by atoms with Gasteiger partial charge in [0.2, 0.25) is 0 Å². The summed E-state index contributed by atoms with van der Waals surface area (Å²) in [6.45, 7) is -0.0103. The number of ether oxygens (including phenoxy) is 1. The first-order valence-corrected chi connectivity index (χ1v) is 27.6. The molecule has 0 amide bonds. The maximum atomic E-state index is 7.13. The Morgan fingerprint density at radius 2 is 0.879 bits per heavy atom. The third-order valence-corrected chi connectivity index (χ3v) is 25.0. The summed E-state index contributed by atoms with van der Waals surface area (Å²) < 4.78 is 7.13. The molecule has 0 fully saturated rings. The predicted molar refractivity (Wildman–Crippen MR) is 284 cm³/mol. The van der Waals surface area contributed by atoms with Crippen LogP contribution in [0.25, 0.3) is 0 Å². The van der Waals surface area contributed by atoms with Gasteiger partial charge >= 0.3 is 0 Å². The van der Waals surface area contributed by atoms with Gasteiger partial charge in [-0.1, -0.05) is 223 Å². The maximum absolute atomic E-state index is 7.13. The van der Waals surface area contributed by atoms with Crippen LogP contribution in [0, 0.1) is 0 Å². The third-order valence-electron chi connectivity index (χ3n) is 14.2. The lowest BCUT2D eigenvalue weighted by Gasteiger charge is -2.45. The number of fused-ring (bicyclic) bond motifs is 6. The van der Waals surface area contributed by atoms with E-state index in [9.17, 15) is 0 Å². The van der Waals surface area contributed by atoms with Gasteiger partial charge in [-0.25, -0.2) is 0 Å². The minimum absolute atomic E-state index is 0.0103. The van der Waals surface area contributed by atoms with Crippen molar-refractivity contribution < 1.29 is 4.74 Å². The van der Waals surface area contributed by atoms with Crippen LogP contribution in [0.15, 0.2) is 265 Å². The molecule has 0 saturated heterocycles. The van der Waals surface area contributed by atoms with Gasteiger partial charge in [0, 0.05) is 26.9 Å². The van der Waals surface area contributed by atoms with Crippen LogP contribution in [0.4, 0.5) is 17.1 Å². The van der Waals surface area contributed by atoms with Crippen LogP contribution in [-0.4, -0.2) is 22.9 Å². The van der Waals surface area contributed by atoms with Crippen LogP contribution in [0.1, 0.15) is 0 Å². The molecule has 10 aromatic carbocycles. The second-order valence-corrected chi connectivity index (χ2v) is 26.1. The Bertz CT molecular complexity index is 3240. The van der Waals surface area contributed by atoms with Gasteiger partial charge in [0.1, 0.15) is 11.5 Å². The van der Waals surface area contributed by atoms with Crippen LogP contribution in [0.2, 0.25) is 0 Å². The van der Waals surface area contributed by atoms with Crippen LogP contribution in [0.3, 0.4) is 0 Å². The minimum atomic E-state index is -2.84. The lowest BCUT2D eigenvalue weighted by molar-refractivity contribution is 0.486. The van der Waals surface area contributed by atoms with E-state index in [1.54, 1.807) is 0 Å². The molecule has 10 aromatic rings. The summed E-state index contributed by atoms with van der Waals surface area (Å²) in [5, 5.41) is 10.9. The van der Waals surface area contributed by atoms with Crippen molar-refractivity contribution in [2.24, 2.45) is 0 Å². The zero-order valence-corrected chi connectivity index (χ0v) is 38.9. The van der Waals surface area contributed by atoms with Crippen LogP contribution in [0.5, 0.6) is 11.5 Å². The van der Waals surface area contributed by atoms with E-state index in [1.807, 2.05) is 11.8 Å². The maximum Gasteiger partial charge on any atom is 0.253 e. The summed E-state index contributed by atoms with van der Waals surface area (Å²) in [5.41, 5.74) is 7.40. The third kappa shape index (κ3) is 5.75. The van der Waals surface area contributed by atoms with Crippen LogP contribution in [-0.2, 0) is 0 Å². The fraction of sp³-hybridized carbons (Fsp3) is 0. The van der Waals surface area contributed by atoms with Crippen molar-refractivity contribution in [3.63, 3.8) is 0 Å². The van der Waals surface area contributed by atoms with Crippen LogP contribution < -0.4 is 67.5 Å². The number of nitrogens with zero attached hydrogens (tertiary/aromatic N) is 1. The molecule has 3 heterocycles. The molecule has 2 nitrogen and oxygen atoms in total. The smallest absolute Gasteiger partial charge is 0.253 e. The first-order chi connectivity index (χ1) is 32.7. The number of rotatable bonds is 7. The molecule has 0 saturated carbocycles. The molecule has 0 radical (unpaired) electrons. The van der Waals surface area contributed by atoms with Gasteiger partial charge in [-0.15, -0.1) is 0 Å². The molecule has 6 heteroatoms. The Balaban J connectivity index is 1.02. The van der Waals surface area contributed by atoms with Crippen molar-refractivity contribution in [1.29, 1.82) is 0 Å². The fourth-order valence-corrected chi connectivity index (χ4v) is 22.7. The van der Waals surface area contributed by atoms with E-state index >= 15 is 0 Å². The summed E-state index contributed by atoms with van der Waals surface area (Å²) in [6, 6.07) is 95.4. The lowest BCUT2D eigenvalue weighted by Crippen LogP contribution is -2.77. The summed E-state index contributed by atoms with van der Waals surface area (Å²) in [7, 11) is -5.59. The first-order valence-electron chi connectivity index (χ1n) is 22.8. The molecular weight excluding hydrogens is 850 g/mol. The highest BCUT2D eigenvalue weighted by Gasteiger charge is 2.50. The number of anilines is 3. The zero-order valence-electron chi connectivity index (χ0n) is 36.1. The van der Waals surface area contributed by atoms with E-state index in [0.717, 1.165) is 17.2 Å². The summed E-state index contributed by atoms with van der Waals surface area (Å²) >= 11 is 1.89. The number of hydrogen-bond donors (Lipinski definition) is 0. The highest BCUT2D eigenvalue weighted by Crippen LogP contribution is 2.42. The average molecular weight is 892 g/mol. The predicted octanol–water partition coefficient (Wildman–Crippen LogP) is 7.31. The standard InChI is InChI=1S/C60H42BNOSSi2/c1-6-22-44(23-7-1)65(45-24-8-2-9-25-45,46-26-10-3-11-27-46)49-41-55-60-57(42-49)64-56-39-38-43(40-51(56)61(60)50-32-16-19-35-54(50)63-55)62-52-33-17-20-36-58(52)66(47-28-12-4-13-29-47,48-30-14-5-15-31-48)59-37-21-18-34-53(59)62/h1-42H. The molecule has 66 heavy (non-hydrogen) atoms. The van der Waals surface area contributed by atoms with E-state index in [-0.39, 0.29) is 6.71 Å². The Morgan fingerprint density at radius 1 is 0.394 bits per heavy atom. The second-order valence-electron chi connectivity index (χ2n) is 17.5. The molecule has 0 atom stereocenters. The summed E-state index contributed by atoms with van der Waals surface area (Å²) in [5.74, 6) is 1.87. The van der Waals surface area contributed by atoms with Gasteiger partial charge in [0.05, 0.1) is 0 Å². The van der Waals surface area contributed by atoms with Gasteiger partial charge in [-0.2, -0.15) is 0 Å². The highest BCUT2D eigenvalue weighted by molar-refractivity contribution is 8.00. The van der Waals surface area contributed by atoms with Crippen molar-refractivity contribution in [1.82, 2.24) is 0 Å². The van der Waals surface area contributed by atoms with E-state index in [0.29, 0.717) is 0 Å².